The highest BCUT2D eigenvalue weighted by Gasteiger charge is 2.35. The van der Waals surface area contributed by atoms with E-state index in [4.69, 9.17) is 11.5 Å². The van der Waals surface area contributed by atoms with Crippen LogP contribution in [0.1, 0.15) is 130 Å². The van der Waals surface area contributed by atoms with Gasteiger partial charge in [-0.05, 0) is 89.3 Å². The van der Waals surface area contributed by atoms with E-state index < -0.39 is 0 Å². The van der Waals surface area contributed by atoms with Crippen molar-refractivity contribution in [3.63, 3.8) is 0 Å². The topological polar surface area (TPSA) is 72.3 Å². The van der Waals surface area contributed by atoms with Crippen LogP contribution in [0.25, 0.3) is 0 Å². The Balaban J connectivity index is 0.000000346. The van der Waals surface area contributed by atoms with Crippen molar-refractivity contribution in [3.05, 3.63) is 29.8 Å². The number of rotatable bonds is 13. The van der Waals surface area contributed by atoms with Gasteiger partial charge in [0.05, 0.1) is 0 Å². The number of aromatic hydroxyl groups is 1. The molecule has 3 nitrogen and oxygen atoms in total. The van der Waals surface area contributed by atoms with E-state index in [1.807, 2.05) is 12.1 Å². The van der Waals surface area contributed by atoms with Crippen molar-refractivity contribution < 1.29 is 5.11 Å². The molecule has 2 unspecified atom stereocenters. The monoisotopic (exact) mass is 460 g/mol. The lowest BCUT2D eigenvalue weighted by Crippen LogP contribution is -2.48. The third-order valence-corrected chi connectivity index (χ3v) is 7.53. The molecule has 0 radical (unpaired) electrons. The summed E-state index contributed by atoms with van der Waals surface area (Å²) in [5.41, 5.74) is 13.6. The van der Waals surface area contributed by atoms with E-state index in [-0.39, 0.29) is 11.1 Å². The summed E-state index contributed by atoms with van der Waals surface area (Å²) >= 11 is 0. The van der Waals surface area contributed by atoms with Crippen molar-refractivity contribution in [1.82, 2.24) is 0 Å². The number of phenols is 1. The van der Waals surface area contributed by atoms with E-state index in [0.717, 1.165) is 6.42 Å². The highest BCUT2D eigenvalue weighted by molar-refractivity contribution is 5.25. The zero-order chi connectivity index (χ0) is 24.7. The SMILES string of the molecule is CC(C)(N)C1CCCC(C(C)(C)N)C1.CCCCCCCCCCCCc1ccc(O)cc1. The summed E-state index contributed by atoms with van der Waals surface area (Å²) < 4.78 is 0. The van der Waals surface area contributed by atoms with Crippen molar-refractivity contribution in [3.8, 4) is 5.75 Å². The average Bonchev–Trinajstić information content (AvgIpc) is 2.76. The number of benzene rings is 1. The molecule has 0 heterocycles. The van der Waals surface area contributed by atoms with Gasteiger partial charge in [-0.15, -0.1) is 0 Å². The first-order chi connectivity index (χ1) is 15.5. The summed E-state index contributed by atoms with van der Waals surface area (Å²) in [6, 6.07) is 7.63. The van der Waals surface area contributed by atoms with Gasteiger partial charge in [0.15, 0.2) is 0 Å². The minimum Gasteiger partial charge on any atom is -0.508 e. The van der Waals surface area contributed by atoms with Crippen LogP contribution >= 0.6 is 0 Å². The molecular weight excluding hydrogens is 404 g/mol. The molecule has 1 aliphatic rings. The molecule has 33 heavy (non-hydrogen) atoms. The molecule has 192 valence electrons. The van der Waals surface area contributed by atoms with Crippen LogP contribution in [0, 0.1) is 11.8 Å². The van der Waals surface area contributed by atoms with Crippen LogP contribution in [0.2, 0.25) is 0 Å². The Morgan fingerprint density at radius 3 is 1.58 bits per heavy atom. The van der Waals surface area contributed by atoms with Crippen molar-refractivity contribution >= 4 is 0 Å². The van der Waals surface area contributed by atoms with Crippen molar-refractivity contribution in [2.45, 2.75) is 142 Å². The van der Waals surface area contributed by atoms with Crippen LogP contribution in [0.15, 0.2) is 24.3 Å². The fourth-order valence-corrected chi connectivity index (χ4v) is 5.02. The maximum Gasteiger partial charge on any atom is 0.115 e. The van der Waals surface area contributed by atoms with Crippen LogP contribution in [-0.4, -0.2) is 16.2 Å². The van der Waals surface area contributed by atoms with E-state index in [1.165, 1.54) is 95.5 Å². The van der Waals surface area contributed by atoms with Gasteiger partial charge in [0.2, 0.25) is 0 Å². The Bertz CT molecular complexity index is 577. The quantitative estimate of drug-likeness (QED) is 0.260. The second kappa shape index (κ2) is 15.8. The van der Waals surface area contributed by atoms with Crippen molar-refractivity contribution in [2.75, 3.05) is 0 Å². The molecule has 1 aromatic carbocycles. The lowest BCUT2D eigenvalue weighted by Gasteiger charge is -2.42. The Kier molecular flexibility index (Phi) is 14.3. The second-order valence-corrected chi connectivity index (χ2v) is 11.8. The Morgan fingerprint density at radius 2 is 1.15 bits per heavy atom. The zero-order valence-electron chi connectivity index (χ0n) is 22.7. The molecule has 1 fully saturated rings. The standard InChI is InChI=1S/C18H30O.C12H26N2/c1-2-3-4-5-6-7-8-9-10-11-12-17-13-15-18(19)16-14-17;1-11(2,13)9-6-5-7-10(8-9)12(3,4)14/h13-16,19H,2-12H2,1H3;9-10H,5-8,13-14H2,1-4H3. The van der Waals surface area contributed by atoms with E-state index in [1.54, 1.807) is 12.1 Å². The van der Waals surface area contributed by atoms with Crippen LogP contribution in [0.4, 0.5) is 0 Å². The third kappa shape index (κ3) is 14.1. The maximum atomic E-state index is 9.20. The van der Waals surface area contributed by atoms with E-state index in [2.05, 4.69) is 34.6 Å². The first-order valence-electron chi connectivity index (χ1n) is 13.9. The molecule has 1 aromatic rings. The van der Waals surface area contributed by atoms with E-state index >= 15 is 0 Å². The molecule has 2 rings (SSSR count). The van der Waals surface area contributed by atoms with Gasteiger partial charge in [0.25, 0.3) is 0 Å². The van der Waals surface area contributed by atoms with Gasteiger partial charge in [0.1, 0.15) is 5.75 Å². The van der Waals surface area contributed by atoms with Gasteiger partial charge in [-0.3, -0.25) is 0 Å². The molecule has 0 amide bonds. The van der Waals surface area contributed by atoms with Gasteiger partial charge in [-0.25, -0.2) is 0 Å². The minimum atomic E-state index is -0.0378. The summed E-state index contributed by atoms with van der Waals surface area (Å²) in [7, 11) is 0. The molecule has 0 spiro atoms. The molecule has 5 N–H and O–H groups in total. The Morgan fingerprint density at radius 1 is 0.727 bits per heavy atom. The number of phenolic OH excluding ortho intramolecular Hbond substituents is 1. The molecule has 0 saturated heterocycles. The second-order valence-electron chi connectivity index (χ2n) is 11.8. The summed E-state index contributed by atoms with van der Waals surface area (Å²) in [6.07, 6.45) is 20.1. The van der Waals surface area contributed by atoms with Gasteiger partial charge in [-0.2, -0.15) is 0 Å². The average molecular weight is 461 g/mol. The van der Waals surface area contributed by atoms with Crippen LogP contribution < -0.4 is 11.5 Å². The summed E-state index contributed by atoms with van der Waals surface area (Å²) in [5, 5.41) is 9.20. The molecule has 2 atom stereocenters. The molecule has 1 saturated carbocycles. The largest absolute Gasteiger partial charge is 0.508 e. The molecular formula is C30H56N2O. The number of aryl methyl sites for hydroxylation is 1. The van der Waals surface area contributed by atoms with E-state index in [0.29, 0.717) is 17.6 Å². The predicted octanol–water partition coefficient (Wildman–Crippen LogP) is 8.12. The summed E-state index contributed by atoms with van der Waals surface area (Å²) in [5.74, 6) is 1.65. The van der Waals surface area contributed by atoms with Gasteiger partial charge < -0.3 is 16.6 Å². The third-order valence-electron chi connectivity index (χ3n) is 7.53. The van der Waals surface area contributed by atoms with Gasteiger partial charge in [-0.1, -0.05) is 83.3 Å². The zero-order valence-corrected chi connectivity index (χ0v) is 22.7. The molecule has 0 bridgehead atoms. The van der Waals surface area contributed by atoms with Gasteiger partial charge in [0, 0.05) is 11.1 Å². The van der Waals surface area contributed by atoms with Crippen LogP contribution in [0.5, 0.6) is 5.75 Å². The lowest BCUT2D eigenvalue weighted by molar-refractivity contribution is 0.142. The fourth-order valence-electron chi connectivity index (χ4n) is 5.02. The number of unbranched alkanes of at least 4 members (excludes halogenated alkanes) is 9. The number of nitrogens with two attached hydrogens (primary N) is 2. The predicted molar refractivity (Wildman–Crippen MR) is 146 cm³/mol. The van der Waals surface area contributed by atoms with Crippen LogP contribution in [-0.2, 0) is 6.42 Å². The minimum absolute atomic E-state index is 0.0378. The first-order valence-corrected chi connectivity index (χ1v) is 13.9. The summed E-state index contributed by atoms with van der Waals surface area (Å²) in [4.78, 5) is 0. The molecule has 1 aliphatic carbocycles. The molecule has 0 aromatic heterocycles. The molecule has 3 heteroatoms. The van der Waals surface area contributed by atoms with Crippen molar-refractivity contribution in [2.24, 2.45) is 23.3 Å². The Labute approximate surface area is 206 Å². The first kappa shape index (κ1) is 30.0. The number of hydrogen-bond donors (Lipinski definition) is 3. The molecule has 0 aliphatic heterocycles. The van der Waals surface area contributed by atoms with Gasteiger partial charge >= 0.3 is 0 Å². The summed E-state index contributed by atoms with van der Waals surface area (Å²) in [6.45, 7) is 10.8. The fraction of sp³-hybridized carbons (Fsp3) is 0.800. The van der Waals surface area contributed by atoms with Crippen molar-refractivity contribution in [1.29, 1.82) is 0 Å². The Hall–Kier alpha value is -1.06. The van der Waals surface area contributed by atoms with Crippen LogP contribution in [0.3, 0.4) is 0 Å². The number of hydrogen-bond acceptors (Lipinski definition) is 3. The van der Waals surface area contributed by atoms with E-state index in [9.17, 15) is 5.11 Å². The highest BCUT2D eigenvalue weighted by atomic mass is 16.3. The smallest absolute Gasteiger partial charge is 0.115 e. The highest BCUT2D eigenvalue weighted by Crippen LogP contribution is 2.38. The maximum absolute atomic E-state index is 9.20. The lowest BCUT2D eigenvalue weighted by atomic mass is 9.68. The normalized spacial score (nSPS) is 19.1.